The molecular formula is C33H37F2NS. The van der Waals surface area contributed by atoms with Gasteiger partial charge in [0.1, 0.15) is 12.0 Å². The number of hydrogen-bond donors (Lipinski definition) is 0. The summed E-state index contributed by atoms with van der Waals surface area (Å²) in [4.78, 5) is 2.76. The molecule has 0 amide bonds. The van der Waals surface area contributed by atoms with E-state index in [4.69, 9.17) is 6.42 Å². The van der Waals surface area contributed by atoms with Crippen LogP contribution in [0.15, 0.2) is 65.7 Å². The predicted molar refractivity (Wildman–Crippen MR) is 154 cm³/mol. The topological polar surface area (TPSA) is 3.24 Å². The number of nitrogens with zero attached hydrogens (tertiary/aromatic N) is 1. The number of allylic oxidation sites excluding steroid dienone is 4. The molecule has 0 bridgehead atoms. The third kappa shape index (κ3) is 5.73. The van der Waals surface area contributed by atoms with E-state index < -0.39 is 11.4 Å². The van der Waals surface area contributed by atoms with E-state index in [1.54, 1.807) is 12.1 Å². The van der Waals surface area contributed by atoms with Gasteiger partial charge >= 0.3 is 0 Å². The molecule has 2 aromatic rings. The van der Waals surface area contributed by atoms with Gasteiger partial charge in [-0.25, -0.2) is 8.78 Å². The molecule has 1 aliphatic heterocycles. The lowest BCUT2D eigenvalue weighted by molar-refractivity contribution is 0.160. The van der Waals surface area contributed by atoms with Gasteiger partial charge in [0.05, 0.1) is 10.1 Å². The fraction of sp³-hybridized carbons (Fsp3) is 0.394. The average Bonchev–Trinajstić information content (AvgIpc) is 3.24. The first kappa shape index (κ1) is 27.3. The fourth-order valence-corrected chi connectivity index (χ4v) is 6.96. The van der Waals surface area contributed by atoms with Crippen LogP contribution in [-0.4, -0.2) is 16.2 Å². The van der Waals surface area contributed by atoms with Crippen molar-refractivity contribution in [1.29, 1.82) is 0 Å². The van der Waals surface area contributed by atoms with Crippen molar-refractivity contribution >= 4 is 17.3 Å². The van der Waals surface area contributed by atoms with Gasteiger partial charge in [-0.15, -0.1) is 18.2 Å². The van der Waals surface area contributed by atoms with Gasteiger partial charge in [0.25, 0.3) is 0 Å². The van der Waals surface area contributed by atoms with Gasteiger partial charge in [-0.3, -0.25) is 0 Å². The van der Waals surface area contributed by atoms with Crippen molar-refractivity contribution in [3.8, 4) is 12.3 Å². The lowest BCUT2D eigenvalue weighted by atomic mass is 9.85. The summed E-state index contributed by atoms with van der Waals surface area (Å²) in [6, 6.07) is 9.81. The van der Waals surface area contributed by atoms with Crippen LogP contribution < -0.4 is 0 Å². The first-order valence-corrected chi connectivity index (χ1v) is 14.1. The normalized spacial score (nSPS) is 23.6. The highest BCUT2D eigenvalue weighted by Crippen LogP contribution is 2.52. The quantitative estimate of drug-likeness (QED) is 0.266. The molecule has 1 aliphatic carbocycles. The van der Waals surface area contributed by atoms with Gasteiger partial charge < -0.3 is 4.90 Å². The molecule has 4 rings (SSSR count). The summed E-state index contributed by atoms with van der Waals surface area (Å²) in [5.74, 6) is 3.00. The van der Waals surface area contributed by atoms with Crippen molar-refractivity contribution in [1.82, 2.24) is 4.90 Å². The molecular weight excluding hydrogens is 480 g/mol. The van der Waals surface area contributed by atoms with E-state index in [0.717, 1.165) is 48.1 Å². The van der Waals surface area contributed by atoms with Gasteiger partial charge in [0.2, 0.25) is 0 Å². The van der Waals surface area contributed by atoms with E-state index in [9.17, 15) is 4.39 Å². The predicted octanol–water partition coefficient (Wildman–Crippen LogP) is 9.11. The van der Waals surface area contributed by atoms with Crippen LogP contribution in [0.4, 0.5) is 8.78 Å². The minimum absolute atomic E-state index is 0.283. The highest BCUT2D eigenvalue weighted by molar-refractivity contribution is 8.00. The van der Waals surface area contributed by atoms with E-state index in [-0.39, 0.29) is 11.9 Å². The van der Waals surface area contributed by atoms with Crippen LogP contribution >= 0.6 is 11.8 Å². The van der Waals surface area contributed by atoms with Crippen molar-refractivity contribution in [2.75, 3.05) is 0 Å². The Balaban J connectivity index is 1.69. The van der Waals surface area contributed by atoms with Crippen LogP contribution in [-0.2, 0) is 6.54 Å². The Bertz CT molecular complexity index is 1260. The second kappa shape index (κ2) is 11.7. The maximum atomic E-state index is 15.9. The van der Waals surface area contributed by atoms with Gasteiger partial charge in [-0.1, -0.05) is 49.8 Å². The third-order valence-corrected chi connectivity index (χ3v) is 9.30. The summed E-state index contributed by atoms with van der Waals surface area (Å²) >= 11 is 1.29. The maximum Gasteiger partial charge on any atom is 0.144 e. The number of rotatable bonds is 7. The zero-order valence-corrected chi connectivity index (χ0v) is 23.2. The van der Waals surface area contributed by atoms with Gasteiger partial charge in [0, 0.05) is 23.8 Å². The standard InChI is InChI=1S/C33H37F2NS/c1-7-9-25(10-8-2)26-15-13-22(4)27(19-26)20-36(28-16-11-21(3)12-17-28)24(6)32-31(35)30-23(5)14-18-29(34)33(30)37-32/h1,8-10,13-15,18-19,21,28,31-32H,6,11-12,16-17,20H2,2-5H3/b10-8-,25-9+. The maximum absolute atomic E-state index is 15.9. The minimum atomic E-state index is -1.28. The second-order valence-electron chi connectivity index (χ2n) is 10.5. The van der Waals surface area contributed by atoms with Crippen LogP contribution in [0.3, 0.4) is 0 Å². The van der Waals surface area contributed by atoms with E-state index in [1.165, 1.54) is 29.0 Å². The van der Waals surface area contributed by atoms with Gasteiger partial charge in [0.15, 0.2) is 0 Å². The number of halogens is 2. The Morgan fingerprint density at radius 1 is 1.16 bits per heavy atom. The molecule has 1 saturated carbocycles. The third-order valence-electron chi connectivity index (χ3n) is 7.88. The molecule has 1 heterocycles. The van der Waals surface area contributed by atoms with Crippen LogP contribution in [0, 0.1) is 37.9 Å². The lowest BCUT2D eigenvalue weighted by Crippen LogP contribution is -2.39. The highest BCUT2D eigenvalue weighted by atomic mass is 32.2. The highest BCUT2D eigenvalue weighted by Gasteiger charge is 2.41. The lowest BCUT2D eigenvalue weighted by Gasteiger charge is -2.41. The number of aryl methyl sites for hydroxylation is 2. The fourth-order valence-electron chi connectivity index (χ4n) is 5.59. The largest absolute Gasteiger partial charge is 0.367 e. The van der Waals surface area contributed by atoms with Crippen LogP contribution in [0.5, 0.6) is 0 Å². The molecule has 0 N–H and O–H groups in total. The Hall–Kier alpha value is -2.77. The number of hydrogen-bond acceptors (Lipinski definition) is 2. The van der Waals surface area contributed by atoms with Crippen molar-refractivity contribution in [2.24, 2.45) is 5.92 Å². The second-order valence-corrected chi connectivity index (χ2v) is 11.6. The summed E-state index contributed by atoms with van der Waals surface area (Å²) in [5, 5.41) is -0.534. The molecule has 0 saturated heterocycles. The number of terminal acetylenes is 1. The van der Waals surface area contributed by atoms with E-state index in [1.807, 2.05) is 26.0 Å². The van der Waals surface area contributed by atoms with Crippen molar-refractivity contribution in [3.05, 3.63) is 94.5 Å². The summed E-state index contributed by atoms with van der Waals surface area (Å²) in [6.07, 6.45) is 14.5. The summed E-state index contributed by atoms with van der Waals surface area (Å²) in [5.41, 5.74) is 6.43. The average molecular weight is 518 g/mol. The first-order valence-electron chi connectivity index (χ1n) is 13.2. The van der Waals surface area contributed by atoms with E-state index >= 15 is 4.39 Å². The minimum Gasteiger partial charge on any atom is -0.367 e. The van der Waals surface area contributed by atoms with Crippen LogP contribution in [0.25, 0.3) is 5.57 Å². The number of fused-ring (bicyclic) bond motifs is 1. The molecule has 1 nitrogen and oxygen atoms in total. The monoisotopic (exact) mass is 517 g/mol. The Kier molecular flexibility index (Phi) is 8.65. The molecule has 0 spiro atoms. The number of benzene rings is 2. The molecule has 2 unspecified atom stereocenters. The molecule has 37 heavy (non-hydrogen) atoms. The number of alkyl halides is 1. The molecule has 2 aliphatic rings. The molecule has 1 fully saturated rings. The zero-order valence-electron chi connectivity index (χ0n) is 22.4. The smallest absolute Gasteiger partial charge is 0.144 e. The Morgan fingerprint density at radius 2 is 1.86 bits per heavy atom. The van der Waals surface area contributed by atoms with Crippen molar-refractivity contribution < 1.29 is 8.78 Å². The van der Waals surface area contributed by atoms with E-state index in [2.05, 4.69) is 49.4 Å². The van der Waals surface area contributed by atoms with Crippen molar-refractivity contribution in [3.63, 3.8) is 0 Å². The number of thioether (sulfide) groups is 1. The summed E-state index contributed by atoms with van der Waals surface area (Å²) in [7, 11) is 0. The molecule has 194 valence electrons. The Labute approximate surface area is 225 Å². The van der Waals surface area contributed by atoms with Crippen LogP contribution in [0.2, 0.25) is 0 Å². The SMILES string of the molecule is C#C/C=C(\C=C/C)c1ccc(C)c(CN(C(=C)C2Sc3c(F)ccc(C)c3C2F)C2CCC(C)CC2)c1. The van der Waals surface area contributed by atoms with Gasteiger partial charge in [-0.2, -0.15) is 0 Å². The zero-order chi connectivity index (χ0) is 26.7. The summed E-state index contributed by atoms with van der Waals surface area (Å²) < 4.78 is 30.6. The van der Waals surface area contributed by atoms with Gasteiger partial charge in [-0.05, 0) is 98.4 Å². The van der Waals surface area contributed by atoms with E-state index in [0.29, 0.717) is 22.9 Å². The molecule has 2 atom stereocenters. The van der Waals surface area contributed by atoms with Crippen LogP contribution in [0.1, 0.15) is 73.5 Å². The summed E-state index contributed by atoms with van der Waals surface area (Å²) in [6.45, 7) is 13.3. The molecule has 0 radical (unpaired) electrons. The molecule has 4 heteroatoms. The molecule has 2 aromatic carbocycles. The van der Waals surface area contributed by atoms with Crippen molar-refractivity contribution in [2.45, 2.75) is 82.3 Å². The Morgan fingerprint density at radius 3 is 2.51 bits per heavy atom. The molecule has 0 aromatic heterocycles. The first-order chi connectivity index (χ1) is 17.7.